The maximum absolute atomic E-state index is 13.6. The lowest BCUT2D eigenvalue weighted by Crippen LogP contribution is -2.16. The molecular weight excluding hydrogens is 266 g/mol. The molecule has 2 aromatic carbocycles. The van der Waals surface area contributed by atoms with Crippen molar-refractivity contribution in [2.45, 2.75) is 12.5 Å². The number of para-hydroxylation sites is 1. The Morgan fingerprint density at radius 2 is 1.90 bits per heavy atom. The Morgan fingerprint density at radius 3 is 2.55 bits per heavy atom. The van der Waals surface area contributed by atoms with Crippen LogP contribution in [0.15, 0.2) is 42.5 Å². The van der Waals surface area contributed by atoms with Crippen LogP contribution in [0.5, 0.6) is 0 Å². The molecule has 0 bridgehead atoms. The lowest BCUT2D eigenvalue weighted by Gasteiger charge is -2.13. The van der Waals surface area contributed by atoms with E-state index in [1.54, 1.807) is 18.2 Å². The number of hydrogen-bond donors (Lipinski definition) is 1. The lowest BCUT2D eigenvalue weighted by atomic mass is 9.98. The summed E-state index contributed by atoms with van der Waals surface area (Å²) in [6, 6.07) is 8.46. The molecule has 104 valence electrons. The molecule has 1 unspecified atom stereocenters. The molecule has 0 saturated carbocycles. The van der Waals surface area contributed by atoms with Crippen molar-refractivity contribution >= 4 is 5.69 Å². The van der Waals surface area contributed by atoms with Crippen LogP contribution in [0.1, 0.15) is 17.2 Å². The van der Waals surface area contributed by atoms with Crippen LogP contribution in [0.3, 0.4) is 0 Å². The van der Waals surface area contributed by atoms with Crippen molar-refractivity contribution in [1.29, 1.82) is 0 Å². The van der Waals surface area contributed by atoms with Gasteiger partial charge in [-0.2, -0.15) is 0 Å². The molecule has 20 heavy (non-hydrogen) atoms. The Morgan fingerprint density at radius 1 is 1.20 bits per heavy atom. The molecule has 2 rings (SSSR count). The molecule has 0 radical (unpaired) electrons. The van der Waals surface area contributed by atoms with Gasteiger partial charge in [0.2, 0.25) is 0 Å². The van der Waals surface area contributed by atoms with Crippen molar-refractivity contribution in [3.63, 3.8) is 0 Å². The summed E-state index contributed by atoms with van der Waals surface area (Å²) in [5.74, 6) is -1.44. The molecule has 0 aliphatic rings. The zero-order chi connectivity index (χ0) is 14.7. The Balaban J connectivity index is 2.28. The van der Waals surface area contributed by atoms with E-state index in [0.717, 1.165) is 12.1 Å². The zero-order valence-electron chi connectivity index (χ0n) is 10.4. The van der Waals surface area contributed by atoms with Gasteiger partial charge in [0.1, 0.15) is 11.6 Å². The molecule has 0 saturated heterocycles. The van der Waals surface area contributed by atoms with E-state index in [2.05, 4.69) is 0 Å². The van der Waals surface area contributed by atoms with Gasteiger partial charge in [0.15, 0.2) is 0 Å². The van der Waals surface area contributed by atoms with Gasteiger partial charge < -0.3 is 5.73 Å². The van der Waals surface area contributed by atoms with Crippen LogP contribution in [0.4, 0.5) is 14.5 Å². The smallest absolute Gasteiger partial charge is 0.272 e. The minimum atomic E-state index is -0.781. The minimum Gasteiger partial charge on any atom is -0.324 e. The fourth-order valence-electron chi connectivity index (χ4n) is 2.01. The second-order valence-electron chi connectivity index (χ2n) is 4.36. The Hall–Kier alpha value is -2.34. The first kappa shape index (κ1) is 14.1. The van der Waals surface area contributed by atoms with Gasteiger partial charge in [-0.1, -0.05) is 24.3 Å². The van der Waals surface area contributed by atoms with E-state index in [9.17, 15) is 18.9 Å². The highest BCUT2D eigenvalue weighted by molar-refractivity contribution is 5.41. The lowest BCUT2D eigenvalue weighted by molar-refractivity contribution is -0.385. The molecule has 6 heteroatoms. The maximum Gasteiger partial charge on any atom is 0.272 e. The van der Waals surface area contributed by atoms with Crippen molar-refractivity contribution in [1.82, 2.24) is 0 Å². The number of nitro benzene ring substituents is 1. The van der Waals surface area contributed by atoms with Gasteiger partial charge in [0.05, 0.1) is 4.92 Å². The summed E-state index contributed by atoms with van der Waals surface area (Å²) in [6.07, 6.45) is 0.0969. The number of nitrogens with two attached hydrogens (primary N) is 1. The van der Waals surface area contributed by atoms with Crippen LogP contribution >= 0.6 is 0 Å². The molecule has 4 nitrogen and oxygen atoms in total. The first-order chi connectivity index (χ1) is 9.49. The quantitative estimate of drug-likeness (QED) is 0.690. The van der Waals surface area contributed by atoms with Crippen LogP contribution in [-0.2, 0) is 6.42 Å². The number of nitro groups is 1. The van der Waals surface area contributed by atoms with E-state index in [1.165, 1.54) is 12.1 Å². The van der Waals surface area contributed by atoms with E-state index >= 15 is 0 Å². The summed E-state index contributed by atoms with van der Waals surface area (Å²) in [6.45, 7) is 0. The van der Waals surface area contributed by atoms with E-state index in [-0.39, 0.29) is 17.7 Å². The molecule has 0 aliphatic heterocycles. The van der Waals surface area contributed by atoms with Gasteiger partial charge in [-0.25, -0.2) is 8.78 Å². The average Bonchev–Trinajstić information content (AvgIpc) is 2.38. The summed E-state index contributed by atoms with van der Waals surface area (Å²) < 4.78 is 26.4. The predicted molar refractivity (Wildman–Crippen MR) is 70.1 cm³/mol. The summed E-state index contributed by atoms with van der Waals surface area (Å²) in [7, 11) is 0. The SMILES string of the molecule is NC(Cc1ccccc1[N+](=O)[O-])c1ccc(F)cc1F. The molecule has 0 aliphatic carbocycles. The molecule has 2 aromatic rings. The van der Waals surface area contributed by atoms with Crippen LogP contribution in [0.25, 0.3) is 0 Å². The summed E-state index contributed by atoms with van der Waals surface area (Å²) in [5.41, 5.74) is 6.34. The topological polar surface area (TPSA) is 69.2 Å². The molecule has 0 fully saturated rings. The van der Waals surface area contributed by atoms with Crippen molar-refractivity contribution in [2.75, 3.05) is 0 Å². The Bertz CT molecular complexity index is 647. The van der Waals surface area contributed by atoms with Crippen molar-refractivity contribution < 1.29 is 13.7 Å². The van der Waals surface area contributed by atoms with E-state index < -0.39 is 22.6 Å². The van der Waals surface area contributed by atoms with Crippen LogP contribution < -0.4 is 5.73 Å². The summed E-state index contributed by atoms with van der Waals surface area (Å²) >= 11 is 0. The van der Waals surface area contributed by atoms with Crippen LogP contribution in [0.2, 0.25) is 0 Å². The third-order valence-corrected chi connectivity index (χ3v) is 2.99. The van der Waals surface area contributed by atoms with Gasteiger partial charge in [0, 0.05) is 29.3 Å². The Kier molecular flexibility index (Phi) is 4.05. The molecule has 2 N–H and O–H groups in total. The van der Waals surface area contributed by atoms with Crippen LogP contribution in [-0.4, -0.2) is 4.92 Å². The normalized spacial score (nSPS) is 12.2. The number of benzene rings is 2. The Labute approximate surface area is 114 Å². The number of hydrogen-bond acceptors (Lipinski definition) is 3. The number of rotatable bonds is 4. The fraction of sp³-hybridized carbons (Fsp3) is 0.143. The third kappa shape index (κ3) is 2.97. The predicted octanol–water partition coefficient (Wildman–Crippen LogP) is 3.12. The second-order valence-corrected chi connectivity index (χ2v) is 4.36. The minimum absolute atomic E-state index is 0.0644. The molecular formula is C14H12F2N2O2. The van der Waals surface area contributed by atoms with E-state index in [1.807, 2.05) is 0 Å². The van der Waals surface area contributed by atoms with E-state index in [0.29, 0.717) is 5.56 Å². The standard InChI is InChI=1S/C14H12F2N2O2/c15-10-5-6-11(12(16)8-10)13(17)7-9-3-1-2-4-14(9)18(19)20/h1-6,8,13H,7,17H2. The first-order valence-corrected chi connectivity index (χ1v) is 5.92. The van der Waals surface area contributed by atoms with Gasteiger partial charge in [0.25, 0.3) is 5.69 Å². The highest BCUT2D eigenvalue weighted by Crippen LogP contribution is 2.25. The van der Waals surface area contributed by atoms with Crippen LogP contribution in [0, 0.1) is 21.7 Å². The first-order valence-electron chi connectivity index (χ1n) is 5.92. The van der Waals surface area contributed by atoms with Crippen molar-refractivity contribution in [3.05, 3.63) is 75.3 Å². The second kappa shape index (κ2) is 5.75. The van der Waals surface area contributed by atoms with Crippen molar-refractivity contribution in [3.8, 4) is 0 Å². The third-order valence-electron chi connectivity index (χ3n) is 2.99. The summed E-state index contributed by atoms with van der Waals surface area (Å²) in [4.78, 5) is 10.4. The molecule has 0 heterocycles. The number of halogens is 2. The monoisotopic (exact) mass is 278 g/mol. The fourth-order valence-corrected chi connectivity index (χ4v) is 2.01. The average molecular weight is 278 g/mol. The highest BCUT2D eigenvalue weighted by Gasteiger charge is 2.18. The zero-order valence-corrected chi connectivity index (χ0v) is 10.4. The summed E-state index contributed by atoms with van der Waals surface area (Å²) in [5, 5.41) is 10.9. The molecule has 0 amide bonds. The van der Waals surface area contributed by atoms with Gasteiger partial charge in [-0.15, -0.1) is 0 Å². The molecule has 0 spiro atoms. The van der Waals surface area contributed by atoms with Gasteiger partial charge in [-0.05, 0) is 12.5 Å². The number of nitrogens with zero attached hydrogens (tertiary/aromatic N) is 1. The van der Waals surface area contributed by atoms with Gasteiger partial charge in [-0.3, -0.25) is 10.1 Å². The van der Waals surface area contributed by atoms with Gasteiger partial charge >= 0.3 is 0 Å². The molecule has 0 aromatic heterocycles. The maximum atomic E-state index is 13.6. The van der Waals surface area contributed by atoms with Crippen molar-refractivity contribution in [2.24, 2.45) is 5.73 Å². The highest BCUT2D eigenvalue weighted by atomic mass is 19.1. The van der Waals surface area contributed by atoms with E-state index in [4.69, 9.17) is 5.73 Å². The largest absolute Gasteiger partial charge is 0.324 e. The molecule has 1 atom stereocenters.